The molecule has 0 aliphatic heterocycles. The molecule has 1 aromatic heterocycles. The highest BCUT2D eigenvalue weighted by molar-refractivity contribution is 5.30. The first-order valence-corrected chi connectivity index (χ1v) is 5.81. The van der Waals surface area contributed by atoms with Crippen molar-refractivity contribution in [3.05, 3.63) is 54.4 Å². The van der Waals surface area contributed by atoms with Crippen molar-refractivity contribution in [2.45, 2.75) is 5.92 Å². The summed E-state index contributed by atoms with van der Waals surface area (Å²) in [6.45, 7) is 1.02. The molecule has 0 fully saturated rings. The van der Waals surface area contributed by atoms with Gasteiger partial charge in [-0.3, -0.25) is 4.98 Å². The van der Waals surface area contributed by atoms with Gasteiger partial charge >= 0.3 is 0 Å². The molecule has 1 atom stereocenters. The minimum Gasteiger partial charge on any atom is -0.508 e. The second-order valence-corrected chi connectivity index (χ2v) is 4.02. The quantitative estimate of drug-likeness (QED) is 0.843. The molecule has 18 heavy (non-hydrogen) atoms. The lowest BCUT2D eigenvalue weighted by molar-refractivity contribution is 0.290. The number of nitrogens with zero attached hydrogens (tertiary/aromatic N) is 1. The molecular weight excluding hydrogens is 228 g/mol. The molecule has 0 aliphatic rings. The van der Waals surface area contributed by atoms with Crippen LogP contribution in [-0.4, -0.2) is 23.2 Å². The number of rotatable bonds is 5. The molecule has 1 heterocycles. The summed E-state index contributed by atoms with van der Waals surface area (Å²) in [6, 6.07) is 10.5. The summed E-state index contributed by atoms with van der Waals surface area (Å²) in [5.41, 5.74) is 6.87. The van der Waals surface area contributed by atoms with Gasteiger partial charge in [0.05, 0.1) is 6.61 Å². The van der Waals surface area contributed by atoms with E-state index in [0.717, 1.165) is 11.3 Å². The SMILES string of the molecule is NCC(COc1ccc(O)cc1)c1ccncc1. The Morgan fingerprint density at radius 3 is 2.39 bits per heavy atom. The fraction of sp³-hybridized carbons (Fsp3) is 0.214. The Morgan fingerprint density at radius 1 is 1.11 bits per heavy atom. The molecule has 4 nitrogen and oxygen atoms in total. The van der Waals surface area contributed by atoms with Crippen LogP contribution in [0.15, 0.2) is 48.8 Å². The molecule has 0 spiro atoms. The van der Waals surface area contributed by atoms with Gasteiger partial charge in [0.25, 0.3) is 0 Å². The fourth-order valence-electron chi connectivity index (χ4n) is 1.68. The summed E-state index contributed by atoms with van der Waals surface area (Å²) in [5, 5.41) is 9.18. The topological polar surface area (TPSA) is 68.4 Å². The first kappa shape index (κ1) is 12.4. The van der Waals surface area contributed by atoms with E-state index in [4.69, 9.17) is 10.5 Å². The van der Waals surface area contributed by atoms with E-state index in [-0.39, 0.29) is 11.7 Å². The molecule has 3 N–H and O–H groups in total. The number of benzene rings is 1. The molecule has 0 aliphatic carbocycles. The van der Waals surface area contributed by atoms with E-state index in [1.807, 2.05) is 12.1 Å². The van der Waals surface area contributed by atoms with Crippen LogP contribution in [0.2, 0.25) is 0 Å². The average Bonchev–Trinajstić information content (AvgIpc) is 2.43. The number of aromatic hydroxyl groups is 1. The smallest absolute Gasteiger partial charge is 0.119 e. The van der Waals surface area contributed by atoms with Crippen LogP contribution in [0.3, 0.4) is 0 Å². The van der Waals surface area contributed by atoms with Crippen LogP contribution in [-0.2, 0) is 0 Å². The second-order valence-electron chi connectivity index (χ2n) is 4.02. The monoisotopic (exact) mass is 244 g/mol. The highest BCUT2D eigenvalue weighted by Gasteiger charge is 2.10. The highest BCUT2D eigenvalue weighted by Crippen LogP contribution is 2.19. The largest absolute Gasteiger partial charge is 0.508 e. The Morgan fingerprint density at radius 2 is 1.78 bits per heavy atom. The molecule has 1 aromatic carbocycles. The van der Waals surface area contributed by atoms with Crippen LogP contribution in [0.5, 0.6) is 11.5 Å². The van der Waals surface area contributed by atoms with Crippen LogP contribution in [0, 0.1) is 0 Å². The third-order valence-electron chi connectivity index (χ3n) is 2.75. The summed E-state index contributed by atoms with van der Waals surface area (Å²) in [7, 11) is 0. The summed E-state index contributed by atoms with van der Waals surface area (Å²) in [6.07, 6.45) is 3.50. The normalized spacial score (nSPS) is 12.1. The van der Waals surface area contributed by atoms with Crippen molar-refractivity contribution in [1.29, 1.82) is 0 Å². The summed E-state index contributed by atoms with van der Waals surface area (Å²) in [5.74, 6) is 1.09. The minimum absolute atomic E-state index is 0.141. The molecule has 1 unspecified atom stereocenters. The molecule has 0 saturated carbocycles. The Bertz CT molecular complexity index is 471. The Labute approximate surface area is 106 Å². The third kappa shape index (κ3) is 3.21. The highest BCUT2D eigenvalue weighted by atomic mass is 16.5. The molecule has 0 saturated heterocycles. The molecule has 0 amide bonds. The molecule has 4 heteroatoms. The molecule has 2 aromatic rings. The van der Waals surface area contributed by atoms with Crippen molar-refractivity contribution in [1.82, 2.24) is 4.98 Å². The lowest BCUT2D eigenvalue weighted by Crippen LogP contribution is -2.19. The standard InChI is InChI=1S/C14H16N2O2/c15-9-12(11-5-7-16-8-6-11)10-18-14-3-1-13(17)2-4-14/h1-8,12,17H,9-10,15H2. The van der Waals surface area contributed by atoms with Gasteiger partial charge in [0.1, 0.15) is 11.5 Å². The number of hydrogen-bond donors (Lipinski definition) is 2. The van der Waals surface area contributed by atoms with Gasteiger partial charge in [0.15, 0.2) is 0 Å². The van der Waals surface area contributed by atoms with Gasteiger partial charge in [-0.05, 0) is 42.0 Å². The van der Waals surface area contributed by atoms with Crippen molar-refractivity contribution < 1.29 is 9.84 Å². The summed E-state index contributed by atoms with van der Waals surface area (Å²) >= 11 is 0. The van der Waals surface area contributed by atoms with Crippen LogP contribution in [0.25, 0.3) is 0 Å². The van der Waals surface area contributed by atoms with Gasteiger partial charge in [-0.15, -0.1) is 0 Å². The van der Waals surface area contributed by atoms with E-state index < -0.39 is 0 Å². The van der Waals surface area contributed by atoms with Gasteiger partial charge in [0, 0.05) is 24.9 Å². The van der Waals surface area contributed by atoms with Crippen molar-refractivity contribution in [3.8, 4) is 11.5 Å². The Kier molecular flexibility index (Phi) is 4.15. The van der Waals surface area contributed by atoms with Crippen LogP contribution < -0.4 is 10.5 Å². The number of phenolic OH excluding ortho intramolecular Hbond substituents is 1. The van der Waals surface area contributed by atoms with Crippen molar-refractivity contribution in [3.63, 3.8) is 0 Å². The lowest BCUT2D eigenvalue weighted by Gasteiger charge is -2.16. The second kappa shape index (κ2) is 6.02. The predicted molar refractivity (Wildman–Crippen MR) is 69.6 cm³/mol. The summed E-state index contributed by atoms with van der Waals surface area (Å²) in [4.78, 5) is 3.98. The van der Waals surface area contributed by atoms with E-state index in [1.54, 1.807) is 36.7 Å². The third-order valence-corrected chi connectivity index (χ3v) is 2.75. The maximum atomic E-state index is 9.18. The van der Waals surface area contributed by atoms with Gasteiger partial charge < -0.3 is 15.6 Å². The van der Waals surface area contributed by atoms with Crippen LogP contribution in [0.1, 0.15) is 11.5 Å². The average molecular weight is 244 g/mol. The van der Waals surface area contributed by atoms with Crippen LogP contribution >= 0.6 is 0 Å². The maximum Gasteiger partial charge on any atom is 0.119 e. The molecule has 94 valence electrons. The molecular formula is C14H16N2O2. The molecule has 0 bridgehead atoms. The van der Waals surface area contributed by atoms with Gasteiger partial charge in [-0.1, -0.05) is 0 Å². The minimum atomic E-state index is 0.141. The Hall–Kier alpha value is -2.07. The number of ether oxygens (including phenoxy) is 1. The van der Waals surface area contributed by atoms with E-state index >= 15 is 0 Å². The van der Waals surface area contributed by atoms with Crippen molar-refractivity contribution >= 4 is 0 Å². The zero-order valence-corrected chi connectivity index (χ0v) is 9.99. The predicted octanol–water partition coefficient (Wildman–Crippen LogP) is 1.91. The van der Waals surface area contributed by atoms with Gasteiger partial charge in [0.2, 0.25) is 0 Å². The fourth-order valence-corrected chi connectivity index (χ4v) is 1.68. The number of hydrogen-bond acceptors (Lipinski definition) is 4. The van der Waals surface area contributed by atoms with E-state index in [0.29, 0.717) is 13.2 Å². The zero-order chi connectivity index (χ0) is 12.8. The van der Waals surface area contributed by atoms with E-state index in [2.05, 4.69) is 4.98 Å². The first-order chi connectivity index (χ1) is 8.79. The first-order valence-electron chi connectivity index (χ1n) is 5.81. The Balaban J connectivity index is 1.97. The van der Waals surface area contributed by atoms with Crippen molar-refractivity contribution in [2.24, 2.45) is 5.73 Å². The van der Waals surface area contributed by atoms with Gasteiger partial charge in [-0.25, -0.2) is 0 Å². The number of phenols is 1. The number of nitrogens with two attached hydrogens (primary N) is 1. The van der Waals surface area contributed by atoms with Gasteiger partial charge in [-0.2, -0.15) is 0 Å². The molecule has 2 rings (SSSR count). The maximum absolute atomic E-state index is 9.18. The lowest BCUT2D eigenvalue weighted by atomic mass is 10.0. The van der Waals surface area contributed by atoms with E-state index in [9.17, 15) is 5.11 Å². The number of pyridine rings is 1. The number of aromatic nitrogens is 1. The summed E-state index contributed by atoms with van der Waals surface area (Å²) < 4.78 is 5.66. The van der Waals surface area contributed by atoms with E-state index in [1.165, 1.54) is 0 Å². The zero-order valence-electron chi connectivity index (χ0n) is 9.99. The van der Waals surface area contributed by atoms with Crippen molar-refractivity contribution in [2.75, 3.05) is 13.2 Å². The molecule has 0 radical (unpaired) electrons. The van der Waals surface area contributed by atoms with Crippen LogP contribution in [0.4, 0.5) is 0 Å².